The second kappa shape index (κ2) is 5.72. The molecule has 0 amide bonds. The van der Waals surface area contributed by atoms with Crippen molar-refractivity contribution >= 4 is 0 Å². The number of nitrogens with zero attached hydrogens (tertiary/aromatic N) is 1. The van der Waals surface area contributed by atoms with Gasteiger partial charge in [-0.05, 0) is 45.2 Å². The van der Waals surface area contributed by atoms with Crippen LogP contribution >= 0.6 is 0 Å². The van der Waals surface area contributed by atoms with E-state index in [9.17, 15) is 5.11 Å². The van der Waals surface area contributed by atoms with Crippen LogP contribution in [0, 0.1) is 5.92 Å². The van der Waals surface area contributed by atoms with Crippen molar-refractivity contribution in [2.24, 2.45) is 5.92 Å². The zero-order chi connectivity index (χ0) is 10.6. The minimum absolute atomic E-state index is 0.0536. The molecule has 0 bridgehead atoms. The summed E-state index contributed by atoms with van der Waals surface area (Å²) < 4.78 is 0. The maximum atomic E-state index is 9.68. The molecular weight excluding hydrogens is 174 g/mol. The van der Waals surface area contributed by atoms with E-state index in [4.69, 9.17) is 0 Å². The molecule has 3 atom stereocenters. The minimum Gasteiger partial charge on any atom is -0.393 e. The fraction of sp³-hybridized carbons (Fsp3) is 1.00. The summed E-state index contributed by atoms with van der Waals surface area (Å²) in [5, 5.41) is 9.68. The Morgan fingerprint density at radius 2 is 2.00 bits per heavy atom. The Balaban J connectivity index is 2.51. The van der Waals surface area contributed by atoms with Crippen LogP contribution in [0.25, 0.3) is 0 Å². The summed E-state index contributed by atoms with van der Waals surface area (Å²) in [6.07, 6.45) is 5.60. The van der Waals surface area contributed by atoms with Crippen molar-refractivity contribution in [3.8, 4) is 0 Å². The van der Waals surface area contributed by atoms with E-state index in [1.165, 1.54) is 19.3 Å². The van der Waals surface area contributed by atoms with E-state index < -0.39 is 0 Å². The predicted octanol–water partition coefficient (Wildman–Crippen LogP) is 2.27. The smallest absolute Gasteiger partial charge is 0.0555 e. The van der Waals surface area contributed by atoms with Crippen molar-refractivity contribution in [1.82, 2.24) is 4.90 Å². The van der Waals surface area contributed by atoms with Gasteiger partial charge in [-0.1, -0.05) is 20.3 Å². The lowest BCUT2D eigenvalue weighted by molar-refractivity contribution is 0.0366. The number of aliphatic hydroxyl groups excluding tert-OH is 1. The van der Waals surface area contributed by atoms with E-state index in [1.807, 2.05) is 0 Å². The highest BCUT2D eigenvalue weighted by molar-refractivity contribution is 4.84. The van der Waals surface area contributed by atoms with E-state index in [0.29, 0.717) is 6.04 Å². The molecule has 1 fully saturated rings. The summed E-state index contributed by atoms with van der Waals surface area (Å²) in [7, 11) is 2.20. The summed E-state index contributed by atoms with van der Waals surface area (Å²) in [5.41, 5.74) is 0. The zero-order valence-corrected chi connectivity index (χ0v) is 9.87. The molecular formula is C12H25NO. The number of hydrogen-bond acceptors (Lipinski definition) is 2. The number of rotatable bonds is 4. The standard InChI is InChI=1S/C12H25NO/c1-4-8-13(3)12-9-11(14)7-6-10(12)5-2/h10-12,14H,4-9H2,1-3H3. The second-order valence-electron chi connectivity index (χ2n) is 4.68. The van der Waals surface area contributed by atoms with Gasteiger partial charge in [0.15, 0.2) is 0 Å². The van der Waals surface area contributed by atoms with E-state index in [0.717, 1.165) is 25.3 Å². The molecule has 0 aromatic carbocycles. The third-order valence-electron chi connectivity index (χ3n) is 3.60. The molecule has 0 spiro atoms. The van der Waals surface area contributed by atoms with Crippen LogP contribution in [0.1, 0.15) is 46.0 Å². The lowest BCUT2D eigenvalue weighted by Crippen LogP contribution is -2.43. The van der Waals surface area contributed by atoms with Crippen LogP contribution in [0.5, 0.6) is 0 Å². The molecule has 14 heavy (non-hydrogen) atoms. The molecule has 1 rings (SSSR count). The molecule has 0 aromatic rings. The summed E-state index contributed by atoms with van der Waals surface area (Å²) in [6.45, 7) is 5.65. The Hall–Kier alpha value is -0.0800. The van der Waals surface area contributed by atoms with Gasteiger partial charge in [-0.2, -0.15) is 0 Å². The van der Waals surface area contributed by atoms with Crippen molar-refractivity contribution in [2.75, 3.05) is 13.6 Å². The predicted molar refractivity (Wildman–Crippen MR) is 60.3 cm³/mol. The van der Waals surface area contributed by atoms with Crippen molar-refractivity contribution in [1.29, 1.82) is 0 Å². The molecule has 0 aromatic heterocycles. The molecule has 0 radical (unpaired) electrons. The van der Waals surface area contributed by atoms with Crippen LogP contribution in [-0.4, -0.2) is 35.7 Å². The highest BCUT2D eigenvalue weighted by Gasteiger charge is 2.30. The van der Waals surface area contributed by atoms with Crippen LogP contribution in [0.4, 0.5) is 0 Å². The van der Waals surface area contributed by atoms with Crippen LogP contribution in [0.3, 0.4) is 0 Å². The van der Waals surface area contributed by atoms with Gasteiger partial charge < -0.3 is 10.0 Å². The van der Waals surface area contributed by atoms with E-state index in [-0.39, 0.29) is 6.10 Å². The Labute approximate surface area is 88.3 Å². The highest BCUT2D eigenvalue weighted by atomic mass is 16.3. The Morgan fingerprint density at radius 3 is 2.57 bits per heavy atom. The van der Waals surface area contributed by atoms with Gasteiger partial charge >= 0.3 is 0 Å². The summed E-state index contributed by atoms with van der Waals surface area (Å²) in [6, 6.07) is 0.615. The molecule has 1 saturated carbocycles. The number of hydrogen-bond donors (Lipinski definition) is 1. The number of aliphatic hydroxyl groups is 1. The topological polar surface area (TPSA) is 23.5 Å². The maximum Gasteiger partial charge on any atom is 0.0555 e. The summed E-state index contributed by atoms with van der Waals surface area (Å²) in [4.78, 5) is 2.44. The third kappa shape index (κ3) is 2.96. The van der Waals surface area contributed by atoms with Crippen LogP contribution < -0.4 is 0 Å². The van der Waals surface area contributed by atoms with Crippen molar-refractivity contribution < 1.29 is 5.11 Å². The monoisotopic (exact) mass is 199 g/mol. The minimum atomic E-state index is -0.0536. The summed E-state index contributed by atoms with van der Waals surface area (Å²) in [5.74, 6) is 0.801. The molecule has 0 saturated heterocycles. The molecule has 2 nitrogen and oxygen atoms in total. The molecule has 2 heteroatoms. The summed E-state index contributed by atoms with van der Waals surface area (Å²) >= 11 is 0. The van der Waals surface area contributed by atoms with Gasteiger partial charge in [0, 0.05) is 6.04 Å². The fourth-order valence-corrected chi connectivity index (χ4v) is 2.72. The first kappa shape index (κ1) is 12.0. The van der Waals surface area contributed by atoms with Gasteiger partial charge in [-0.25, -0.2) is 0 Å². The van der Waals surface area contributed by atoms with E-state index >= 15 is 0 Å². The normalized spacial score (nSPS) is 33.6. The largest absolute Gasteiger partial charge is 0.393 e. The average Bonchev–Trinajstić information content (AvgIpc) is 2.18. The molecule has 84 valence electrons. The van der Waals surface area contributed by atoms with Gasteiger partial charge in [-0.15, -0.1) is 0 Å². The zero-order valence-electron chi connectivity index (χ0n) is 9.87. The molecule has 1 N–H and O–H groups in total. The first-order chi connectivity index (χ1) is 6.69. The first-order valence-electron chi connectivity index (χ1n) is 6.07. The third-order valence-corrected chi connectivity index (χ3v) is 3.60. The van der Waals surface area contributed by atoms with Crippen molar-refractivity contribution in [3.63, 3.8) is 0 Å². The lowest BCUT2D eigenvalue weighted by Gasteiger charge is -2.39. The van der Waals surface area contributed by atoms with Gasteiger partial charge in [0.25, 0.3) is 0 Å². The van der Waals surface area contributed by atoms with Crippen molar-refractivity contribution in [3.05, 3.63) is 0 Å². The molecule has 0 aliphatic heterocycles. The fourth-order valence-electron chi connectivity index (χ4n) is 2.72. The van der Waals surface area contributed by atoms with Gasteiger partial charge in [-0.3, -0.25) is 0 Å². The second-order valence-corrected chi connectivity index (χ2v) is 4.68. The molecule has 1 aliphatic carbocycles. The first-order valence-corrected chi connectivity index (χ1v) is 6.07. The van der Waals surface area contributed by atoms with Gasteiger partial charge in [0.2, 0.25) is 0 Å². The highest BCUT2D eigenvalue weighted by Crippen LogP contribution is 2.30. The molecule has 1 aliphatic rings. The van der Waals surface area contributed by atoms with Crippen LogP contribution in [0.15, 0.2) is 0 Å². The van der Waals surface area contributed by atoms with Crippen LogP contribution in [-0.2, 0) is 0 Å². The SMILES string of the molecule is CCCN(C)C1CC(O)CCC1CC. The molecule has 0 heterocycles. The van der Waals surface area contributed by atoms with Gasteiger partial charge in [0.05, 0.1) is 6.10 Å². The van der Waals surface area contributed by atoms with Crippen molar-refractivity contribution in [2.45, 2.75) is 58.1 Å². The Morgan fingerprint density at radius 1 is 1.29 bits per heavy atom. The van der Waals surface area contributed by atoms with E-state index in [1.54, 1.807) is 0 Å². The lowest BCUT2D eigenvalue weighted by atomic mass is 9.80. The average molecular weight is 199 g/mol. The van der Waals surface area contributed by atoms with Crippen LogP contribution in [0.2, 0.25) is 0 Å². The molecule has 3 unspecified atom stereocenters. The van der Waals surface area contributed by atoms with Gasteiger partial charge in [0.1, 0.15) is 0 Å². The van der Waals surface area contributed by atoms with E-state index in [2.05, 4.69) is 25.8 Å². The maximum absolute atomic E-state index is 9.68. The quantitative estimate of drug-likeness (QED) is 0.751. The Bertz CT molecular complexity index is 160. The Kier molecular flexibility index (Phi) is 4.90.